The van der Waals surface area contributed by atoms with Gasteiger partial charge in [-0.1, -0.05) is 23.7 Å². The number of amides is 1. The molecule has 0 aromatic heterocycles. The number of carbonyl (C=O) groups excluding carboxylic acids is 2. The summed E-state index contributed by atoms with van der Waals surface area (Å²) in [5.41, 5.74) is 0.444. The monoisotopic (exact) mass is 373 g/mol. The molecule has 0 fully saturated rings. The summed E-state index contributed by atoms with van der Waals surface area (Å²) in [5, 5.41) is 13.9. The van der Waals surface area contributed by atoms with E-state index < -0.39 is 23.7 Å². The lowest BCUT2D eigenvalue weighted by molar-refractivity contribution is -0.0627. The first kappa shape index (κ1) is 18.4. The Kier molecular flexibility index (Phi) is 4.78. The second-order valence-electron chi connectivity index (χ2n) is 6.89. The third kappa shape index (κ3) is 3.32. The number of aliphatic hydroxyl groups excluding tert-OH is 1. The van der Waals surface area contributed by atoms with E-state index in [9.17, 15) is 14.7 Å². The summed E-state index contributed by atoms with van der Waals surface area (Å²) in [5.74, 6) is 0.00888. The number of halogens is 1. The highest BCUT2D eigenvalue weighted by Gasteiger charge is 2.43. The Morgan fingerprint density at radius 1 is 1.19 bits per heavy atom. The predicted octanol–water partition coefficient (Wildman–Crippen LogP) is 3.55. The maximum absolute atomic E-state index is 12.7. The van der Waals surface area contributed by atoms with Gasteiger partial charge < -0.3 is 15.2 Å². The number of ether oxygens (including phenoxy) is 1. The molecular formula is C20H20ClNO4. The molecule has 0 saturated heterocycles. The van der Waals surface area contributed by atoms with Gasteiger partial charge in [0.15, 0.2) is 5.78 Å². The highest BCUT2D eigenvalue weighted by molar-refractivity contribution is 6.33. The summed E-state index contributed by atoms with van der Waals surface area (Å²) in [4.78, 5) is 24.4. The largest absolute Gasteiger partial charge is 0.485 e. The van der Waals surface area contributed by atoms with Crippen molar-refractivity contribution >= 4 is 23.3 Å². The van der Waals surface area contributed by atoms with Crippen molar-refractivity contribution in [3.8, 4) is 5.75 Å². The Hall–Kier alpha value is -2.37. The van der Waals surface area contributed by atoms with Crippen molar-refractivity contribution in [1.82, 2.24) is 5.32 Å². The summed E-state index contributed by atoms with van der Waals surface area (Å²) >= 11 is 6.10. The average molecular weight is 374 g/mol. The van der Waals surface area contributed by atoms with Gasteiger partial charge in [0.05, 0.1) is 16.6 Å². The molecule has 2 atom stereocenters. The van der Waals surface area contributed by atoms with E-state index in [1.54, 1.807) is 56.3 Å². The van der Waals surface area contributed by atoms with E-state index in [-0.39, 0.29) is 5.78 Å². The maximum Gasteiger partial charge on any atom is 0.253 e. The lowest BCUT2D eigenvalue weighted by Gasteiger charge is -2.42. The van der Waals surface area contributed by atoms with Gasteiger partial charge in [-0.25, -0.2) is 0 Å². The normalized spacial score (nSPS) is 20.7. The van der Waals surface area contributed by atoms with Crippen LogP contribution in [0.15, 0.2) is 42.5 Å². The van der Waals surface area contributed by atoms with Crippen LogP contribution in [0.3, 0.4) is 0 Å². The molecular weight excluding hydrogens is 354 g/mol. The Morgan fingerprint density at radius 3 is 2.54 bits per heavy atom. The third-order valence-electron chi connectivity index (χ3n) is 4.56. The number of Topliss-reactive ketones (excluding diaryl/α,β-unsaturated/α-hetero) is 1. The fraction of sp³-hybridized carbons (Fsp3) is 0.300. The molecule has 1 amide bonds. The number of fused-ring (bicyclic) bond motifs is 1. The summed E-state index contributed by atoms with van der Waals surface area (Å²) < 4.78 is 5.87. The molecule has 0 aliphatic carbocycles. The van der Waals surface area contributed by atoms with Crippen LogP contribution in [0.2, 0.25) is 5.02 Å². The molecule has 2 N–H and O–H groups in total. The molecule has 6 heteroatoms. The minimum atomic E-state index is -1.01. The maximum atomic E-state index is 12.7. The van der Waals surface area contributed by atoms with Gasteiger partial charge in [0.25, 0.3) is 5.91 Å². The van der Waals surface area contributed by atoms with Gasteiger partial charge in [0.2, 0.25) is 0 Å². The smallest absolute Gasteiger partial charge is 0.253 e. The number of ketones is 1. The van der Waals surface area contributed by atoms with E-state index in [0.29, 0.717) is 27.5 Å². The second-order valence-corrected chi connectivity index (χ2v) is 7.30. The van der Waals surface area contributed by atoms with Gasteiger partial charge in [-0.05, 0) is 51.1 Å². The molecule has 0 unspecified atom stereocenters. The van der Waals surface area contributed by atoms with E-state index in [1.807, 2.05) is 0 Å². The van der Waals surface area contributed by atoms with Crippen molar-refractivity contribution in [3.05, 3.63) is 64.2 Å². The first-order valence-electron chi connectivity index (χ1n) is 8.28. The van der Waals surface area contributed by atoms with Gasteiger partial charge in [-0.2, -0.15) is 0 Å². The Bertz CT molecular complexity index is 878. The van der Waals surface area contributed by atoms with Crippen LogP contribution in [0.4, 0.5) is 0 Å². The number of carbonyl (C=O) groups is 2. The van der Waals surface area contributed by atoms with Crippen molar-refractivity contribution in [1.29, 1.82) is 0 Å². The van der Waals surface area contributed by atoms with E-state index in [0.717, 1.165) is 0 Å². The van der Waals surface area contributed by atoms with Crippen molar-refractivity contribution in [2.24, 2.45) is 0 Å². The molecule has 0 bridgehead atoms. The van der Waals surface area contributed by atoms with Crippen molar-refractivity contribution < 1.29 is 19.4 Å². The molecule has 136 valence electrons. The Balaban J connectivity index is 2.02. The quantitative estimate of drug-likeness (QED) is 0.807. The number of benzene rings is 2. The van der Waals surface area contributed by atoms with Crippen LogP contribution in [-0.2, 0) is 0 Å². The van der Waals surface area contributed by atoms with E-state index in [1.165, 1.54) is 6.92 Å². The first-order chi connectivity index (χ1) is 12.2. The minimum Gasteiger partial charge on any atom is -0.485 e. The highest BCUT2D eigenvalue weighted by Crippen LogP contribution is 2.40. The van der Waals surface area contributed by atoms with Crippen LogP contribution in [0, 0.1) is 0 Å². The van der Waals surface area contributed by atoms with Gasteiger partial charge in [-0.3, -0.25) is 9.59 Å². The van der Waals surface area contributed by atoms with Crippen LogP contribution in [-0.4, -0.2) is 28.5 Å². The van der Waals surface area contributed by atoms with Gasteiger partial charge in [0.1, 0.15) is 17.5 Å². The van der Waals surface area contributed by atoms with E-state index in [4.69, 9.17) is 16.3 Å². The number of hydrogen-bond donors (Lipinski definition) is 2. The molecule has 2 aromatic rings. The van der Waals surface area contributed by atoms with E-state index in [2.05, 4.69) is 5.32 Å². The first-order valence-corrected chi connectivity index (χ1v) is 8.66. The molecule has 1 heterocycles. The third-order valence-corrected chi connectivity index (χ3v) is 4.89. The average Bonchev–Trinajstić information content (AvgIpc) is 2.58. The van der Waals surface area contributed by atoms with Crippen LogP contribution in [0.5, 0.6) is 5.75 Å². The fourth-order valence-corrected chi connectivity index (χ4v) is 3.26. The molecule has 26 heavy (non-hydrogen) atoms. The van der Waals surface area contributed by atoms with Crippen LogP contribution < -0.4 is 10.1 Å². The zero-order valence-electron chi connectivity index (χ0n) is 14.7. The Morgan fingerprint density at radius 2 is 1.88 bits per heavy atom. The van der Waals surface area contributed by atoms with Crippen LogP contribution >= 0.6 is 11.6 Å². The molecule has 0 spiro atoms. The standard InChI is InChI=1S/C20H20ClNO4/c1-11(23)12-8-9-16-14(10-12)17(18(24)20(2,3)26-16)22-19(25)13-6-4-5-7-15(13)21/h4-10,17-18,24H,1-3H3,(H,22,25)/t17-,18+/m0/s1. The van der Waals surface area contributed by atoms with E-state index >= 15 is 0 Å². The molecule has 0 saturated carbocycles. The Labute approximate surface area is 156 Å². The summed E-state index contributed by atoms with van der Waals surface area (Å²) in [7, 11) is 0. The van der Waals surface area contributed by atoms with Gasteiger partial charge >= 0.3 is 0 Å². The van der Waals surface area contributed by atoms with Crippen LogP contribution in [0.25, 0.3) is 0 Å². The zero-order valence-corrected chi connectivity index (χ0v) is 15.5. The lowest BCUT2D eigenvalue weighted by atomic mass is 9.85. The molecule has 5 nitrogen and oxygen atoms in total. The van der Waals surface area contributed by atoms with Crippen molar-refractivity contribution in [2.75, 3.05) is 0 Å². The minimum absolute atomic E-state index is 0.108. The number of nitrogens with one attached hydrogen (secondary N) is 1. The van der Waals surface area contributed by atoms with Gasteiger partial charge in [0, 0.05) is 11.1 Å². The topological polar surface area (TPSA) is 75.6 Å². The van der Waals surface area contributed by atoms with Crippen molar-refractivity contribution in [3.63, 3.8) is 0 Å². The molecule has 1 aliphatic rings. The van der Waals surface area contributed by atoms with Crippen LogP contribution in [0.1, 0.15) is 53.1 Å². The SMILES string of the molecule is CC(=O)c1ccc2c(c1)[C@H](NC(=O)c1ccccc1Cl)[C@@H](O)C(C)(C)O2. The molecule has 1 aliphatic heterocycles. The number of aliphatic hydroxyl groups is 1. The molecule has 3 rings (SSSR count). The molecule has 2 aromatic carbocycles. The fourth-order valence-electron chi connectivity index (χ4n) is 3.04. The number of rotatable bonds is 3. The second kappa shape index (κ2) is 6.74. The lowest BCUT2D eigenvalue weighted by Crippen LogP contribution is -2.53. The summed E-state index contributed by atoms with van der Waals surface area (Å²) in [6, 6.07) is 11.0. The predicted molar refractivity (Wildman–Crippen MR) is 98.8 cm³/mol. The van der Waals surface area contributed by atoms with Crippen molar-refractivity contribution in [2.45, 2.75) is 38.5 Å². The highest BCUT2D eigenvalue weighted by atomic mass is 35.5. The zero-order chi connectivity index (χ0) is 19.1. The summed E-state index contributed by atoms with van der Waals surface area (Å²) in [6.45, 7) is 4.95. The number of hydrogen-bond acceptors (Lipinski definition) is 4. The van der Waals surface area contributed by atoms with Gasteiger partial charge in [-0.15, -0.1) is 0 Å². The summed E-state index contributed by atoms with van der Waals surface area (Å²) in [6.07, 6.45) is -1.01. The molecule has 0 radical (unpaired) electrons.